The van der Waals surface area contributed by atoms with Crippen LogP contribution in [0.5, 0.6) is 0 Å². The van der Waals surface area contributed by atoms with Gasteiger partial charge >= 0.3 is 5.97 Å². The van der Waals surface area contributed by atoms with Crippen molar-refractivity contribution in [1.82, 2.24) is 0 Å². The summed E-state index contributed by atoms with van der Waals surface area (Å²) in [6, 6.07) is 32.3. The van der Waals surface area contributed by atoms with Crippen molar-refractivity contribution in [1.29, 1.82) is 0 Å². The fraction of sp³-hybridized carbons (Fsp3) is 0.162. The zero-order chi connectivity index (χ0) is 32.0. The van der Waals surface area contributed by atoms with E-state index in [4.69, 9.17) is 4.74 Å². The number of thiophene rings is 1. The molecule has 1 heterocycles. The third-order valence-electron chi connectivity index (χ3n) is 7.96. The second-order valence-corrected chi connectivity index (χ2v) is 13.2. The number of rotatable bonds is 9. The number of hydrogen-bond acceptors (Lipinski definition) is 6. The van der Waals surface area contributed by atoms with E-state index in [2.05, 4.69) is 22.8 Å². The quantitative estimate of drug-likeness (QED) is 0.123. The molecule has 1 aliphatic carbocycles. The smallest absolute Gasteiger partial charge is 0.341 e. The van der Waals surface area contributed by atoms with Gasteiger partial charge in [-0.2, -0.15) is 0 Å². The number of carbonyl (C=O) groups is 3. The highest BCUT2D eigenvalue weighted by atomic mass is 32.2. The van der Waals surface area contributed by atoms with Gasteiger partial charge in [0.15, 0.2) is 0 Å². The number of nitrogens with one attached hydrogen (secondary N) is 2. The van der Waals surface area contributed by atoms with Crippen LogP contribution in [0.25, 0.3) is 0 Å². The van der Waals surface area contributed by atoms with Crippen molar-refractivity contribution in [2.45, 2.75) is 35.3 Å². The largest absolute Gasteiger partial charge is 0.465 e. The first-order chi connectivity index (χ1) is 22.4. The lowest BCUT2D eigenvalue weighted by Gasteiger charge is -2.22. The highest BCUT2D eigenvalue weighted by Crippen LogP contribution is 2.44. The van der Waals surface area contributed by atoms with Gasteiger partial charge in [-0.25, -0.2) is 9.18 Å². The summed E-state index contributed by atoms with van der Waals surface area (Å²) in [7, 11) is 1.36. The maximum atomic E-state index is 14.1. The molecule has 4 aromatic carbocycles. The van der Waals surface area contributed by atoms with Crippen LogP contribution in [0.3, 0.4) is 0 Å². The number of halogens is 1. The normalized spacial score (nSPS) is 14.5. The molecule has 0 radical (unpaired) electrons. The average molecular weight is 651 g/mol. The van der Waals surface area contributed by atoms with Crippen molar-refractivity contribution in [2.75, 3.05) is 17.7 Å². The number of carbonyl (C=O) groups excluding carboxylic acids is 3. The minimum absolute atomic E-state index is 0.277. The summed E-state index contributed by atoms with van der Waals surface area (Å²) in [6.07, 6.45) is 2.41. The summed E-state index contributed by atoms with van der Waals surface area (Å²) < 4.78 is 18.5. The Morgan fingerprint density at radius 2 is 1.61 bits per heavy atom. The molecule has 46 heavy (non-hydrogen) atoms. The van der Waals surface area contributed by atoms with Crippen LogP contribution in [0.2, 0.25) is 0 Å². The Balaban J connectivity index is 1.25. The highest BCUT2D eigenvalue weighted by molar-refractivity contribution is 8.00. The Bertz CT molecular complexity index is 1860. The molecular formula is C37H31FN2O4S2. The van der Waals surface area contributed by atoms with Gasteiger partial charge in [0.1, 0.15) is 16.1 Å². The van der Waals surface area contributed by atoms with Gasteiger partial charge in [-0.3, -0.25) is 9.59 Å². The van der Waals surface area contributed by atoms with Crippen molar-refractivity contribution < 1.29 is 23.5 Å². The van der Waals surface area contributed by atoms with Crippen molar-refractivity contribution in [3.05, 3.63) is 148 Å². The molecule has 1 aromatic heterocycles. The van der Waals surface area contributed by atoms with Crippen molar-refractivity contribution in [3.8, 4) is 0 Å². The third kappa shape index (κ3) is 7.06. The van der Waals surface area contributed by atoms with E-state index in [0.717, 1.165) is 40.2 Å². The second kappa shape index (κ2) is 14.1. The predicted molar refractivity (Wildman–Crippen MR) is 181 cm³/mol. The van der Waals surface area contributed by atoms with Gasteiger partial charge in [0.25, 0.3) is 5.91 Å². The van der Waals surface area contributed by atoms with Crippen LogP contribution in [-0.2, 0) is 22.4 Å². The van der Waals surface area contributed by atoms with Crippen LogP contribution in [0, 0.1) is 5.82 Å². The first kappa shape index (κ1) is 31.3. The molecule has 6 nitrogen and oxygen atoms in total. The number of esters is 1. The van der Waals surface area contributed by atoms with E-state index in [1.807, 2.05) is 54.6 Å². The molecule has 0 saturated carbocycles. The van der Waals surface area contributed by atoms with Gasteiger partial charge in [-0.1, -0.05) is 66.7 Å². The third-order valence-corrected chi connectivity index (χ3v) is 10.4. The maximum absolute atomic E-state index is 14.1. The summed E-state index contributed by atoms with van der Waals surface area (Å²) in [4.78, 5) is 41.7. The number of methoxy groups -OCH3 is 1. The highest BCUT2D eigenvalue weighted by Gasteiger charge is 2.32. The summed E-state index contributed by atoms with van der Waals surface area (Å²) in [5, 5.41) is 5.77. The first-order valence-electron chi connectivity index (χ1n) is 14.9. The monoisotopic (exact) mass is 650 g/mol. The molecule has 0 aliphatic heterocycles. The van der Waals surface area contributed by atoms with Crippen LogP contribution in [0.15, 0.2) is 114 Å². The van der Waals surface area contributed by atoms with Crippen LogP contribution in [-0.4, -0.2) is 24.9 Å². The summed E-state index contributed by atoms with van der Waals surface area (Å²) >= 11 is 2.78. The topological polar surface area (TPSA) is 84.5 Å². The molecule has 0 bridgehead atoms. The number of fused-ring (bicyclic) bond motifs is 1. The molecule has 6 rings (SSSR count). The van der Waals surface area contributed by atoms with E-state index in [0.29, 0.717) is 27.7 Å². The SMILES string of the molecule is COC(=O)c1c(NC(=O)C(Sc2cccc(NC(=O)c3ccc(F)cc3)c2)c2ccccc2)sc2c1CCC(c1ccccc1)C2. The number of thioether (sulfide) groups is 1. The molecule has 232 valence electrons. The number of ether oxygens (including phenoxy) is 1. The number of amides is 2. The van der Waals surface area contributed by atoms with Gasteiger partial charge in [0, 0.05) is 21.0 Å². The minimum atomic E-state index is -0.661. The Hall–Kier alpha value is -4.73. The Morgan fingerprint density at radius 3 is 2.33 bits per heavy atom. The molecule has 0 fully saturated rings. The van der Waals surface area contributed by atoms with Gasteiger partial charge in [0.2, 0.25) is 5.91 Å². The summed E-state index contributed by atoms with van der Waals surface area (Å²) in [5.41, 5.74) is 4.31. The molecule has 0 saturated heterocycles. The lowest BCUT2D eigenvalue weighted by molar-refractivity contribution is -0.115. The van der Waals surface area contributed by atoms with E-state index in [1.54, 1.807) is 18.2 Å². The van der Waals surface area contributed by atoms with E-state index < -0.39 is 17.0 Å². The first-order valence-corrected chi connectivity index (χ1v) is 16.6. The van der Waals surface area contributed by atoms with Crippen LogP contribution >= 0.6 is 23.1 Å². The molecule has 2 N–H and O–H groups in total. The average Bonchev–Trinajstić information content (AvgIpc) is 3.45. The van der Waals surface area contributed by atoms with E-state index in [-0.39, 0.29) is 11.8 Å². The van der Waals surface area contributed by atoms with Gasteiger partial charge in [0.05, 0.1) is 12.7 Å². The fourth-order valence-corrected chi connectivity index (χ4v) is 8.07. The standard InChI is InChI=1S/C37H31FN2O4S2/c1-44-37(43)32-30-20-17-26(23-9-4-2-5-10-23)21-31(30)46-36(32)40-35(42)33(24-11-6-3-7-12-24)45-29-14-8-13-28(22-29)39-34(41)25-15-18-27(38)19-16-25/h2-16,18-19,22,26,33H,17,20-21H2,1H3,(H,39,41)(H,40,42). The lowest BCUT2D eigenvalue weighted by atomic mass is 9.83. The van der Waals surface area contributed by atoms with Gasteiger partial charge in [-0.05, 0) is 84.3 Å². The lowest BCUT2D eigenvalue weighted by Crippen LogP contribution is -2.20. The molecule has 2 atom stereocenters. The van der Waals surface area contributed by atoms with Gasteiger partial charge in [-0.15, -0.1) is 23.1 Å². The molecule has 5 aromatic rings. The van der Waals surface area contributed by atoms with Crippen LogP contribution in [0.1, 0.15) is 59.9 Å². The Morgan fingerprint density at radius 1 is 0.891 bits per heavy atom. The zero-order valence-electron chi connectivity index (χ0n) is 25.0. The number of hydrogen-bond donors (Lipinski definition) is 2. The number of anilines is 2. The van der Waals surface area contributed by atoms with E-state index in [9.17, 15) is 18.8 Å². The minimum Gasteiger partial charge on any atom is -0.465 e. The molecule has 2 amide bonds. The predicted octanol–water partition coefficient (Wildman–Crippen LogP) is 8.67. The molecule has 0 spiro atoms. The Kier molecular flexibility index (Phi) is 9.61. The molecular weight excluding hydrogens is 620 g/mol. The van der Waals surface area contributed by atoms with Crippen molar-refractivity contribution in [3.63, 3.8) is 0 Å². The second-order valence-electron chi connectivity index (χ2n) is 10.9. The maximum Gasteiger partial charge on any atom is 0.341 e. The molecule has 2 unspecified atom stereocenters. The number of benzene rings is 4. The summed E-state index contributed by atoms with van der Waals surface area (Å²) in [6.45, 7) is 0. The fourth-order valence-electron chi connectivity index (χ4n) is 5.67. The van der Waals surface area contributed by atoms with Crippen molar-refractivity contribution >= 4 is 51.6 Å². The van der Waals surface area contributed by atoms with E-state index in [1.165, 1.54) is 60.0 Å². The molecule has 9 heteroatoms. The van der Waals surface area contributed by atoms with Crippen molar-refractivity contribution in [2.24, 2.45) is 0 Å². The van der Waals surface area contributed by atoms with Crippen LogP contribution < -0.4 is 10.6 Å². The van der Waals surface area contributed by atoms with E-state index >= 15 is 0 Å². The zero-order valence-corrected chi connectivity index (χ0v) is 26.6. The van der Waals surface area contributed by atoms with Crippen LogP contribution in [0.4, 0.5) is 15.1 Å². The Labute approximate surface area is 275 Å². The van der Waals surface area contributed by atoms with Gasteiger partial charge < -0.3 is 15.4 Å². The molecule has 1 aliphatic rings. The summed E-state index contributed by atoms with van der Waals surface area (Å²) in [5.74, 6) is -1.19.